The van der Waals surface area contributed by atoms with Crippen LogP contribution in [-0.2, 0) is 9.53 Å². The first-order valence-electron chi connectivity index (χ1n) is 11.9. The Morgan fingerprint density at radius 1 is 1.00 bits per heavy atom. The Morgan fingerprint density at radius 2 is 1.70 bits per heavy atom. The third kappa shape index (κ3) is 7.47. The fraction of sp³-hybridized carbons (Fsp3) is 0.370. The van der Waals surface area contributed by atoms with Crippen LogP contribution in [0.25, 0.3) is 16.9 Å². The topological polar surface area (TPSA) is 107 Å². The van der Waals surface area contributed by atoms with E-state index in [2.05, 4.69) is 15.6 Å². The summed E-state index contributed by atoms with van der Waals surface area (Å²) in [5.41, 5.74) is 1.83. The Balaban J connectivity index is 1.92. The molecular formula is C27H35N5O5. The first-order chi connectivity index (χ1) is 17.6. The number of urea groups is 1. The molecule has 0 aliphatic rings. The van der Waals surface area contributed by atoms with Crippen molar-refractivity contribution < 1.29 is 23.8 Å². The van der Waals surface area contributed by atoms with Gasteiger partial charge in [-0.3, -0.25) is 14.7 Å². The van der Waals surface area contributed by atoms with E-state index >= 15 is 0 Å². The van der Waals surface area contributed by atoms with Crippen molar-refractivity contribution >= 4 is 17.9 Å². The monoisotopic (exact) mass is 509 g/mol. The van der Waals surface area contributed by atoms with Gasteiger partial charge < -0.3 is 24.4 Å². The van der Waals surface area contributed by atoms with Crippen LogP contribution in [0.4, 0.5) is 10.7 Å². The van der Waals surface area contributed by atoms with E-state index in [4.69, 9.17) is 14.2 Å². The molecule has 0 atom stereocenters. The number of methoxy groups -OCH3 is 3. The highest BCUT2D eigenvalue weighted by molar-refractivity contribution is 5.93. The fourth-order valence-corrected chi connectivity index (χ4v) is 3.58. The second-order valence-corrected chi connectivity index (χ2v) is 9.37. The molecule has 0 unspecified atom stereocenters. The van der Waals surface area contributed by atoms with E-state index in [1.54, 1.807) is 38.0 Å². The molecule has 0 aliphatic carbocycles. The lowest BCUT2D eigenvalue weighted by molar-refractivity contribution is -0.117. The lowest BCUT2D eigenvalue weighted by Gasteiger charge is -2.28. The van der Waals surface area contributed by atoms with Crippen molar-refractivity contribution in [3.05, 3.63) is 54.7 Å². The quantitative estimate of drug-likeness (QED) is 0.429. The molecular weight excluding hydrogens is 474 g/mol. The average Bonchev–Trinajstić information content (AvgIpc) is 3.29. The number of imidazole rings is 1. The number of carbonyl (C=O) groups is 2. The molecule has 1 aromatic heterocycles. The van der Waals surface area contributed by atoms with Gasteiger partial charge in [0.15, 0.2) is 11.5 Å². The standard InChI is InChI=1S/C27H35N5O5/c1-27(2,3)30-26(34)31(14-15-35-4)18-24(33)29-25-28-21(19-10-8-7-9-11-19)17-32(25)20-12-13-22(36-5)23(16-20)37-6/h7-13,16-17H,14-15,18H2,1-6H3,(H,30,34)(H,28,29,33). The van der Waals surface area contributed by atoms with Gasteiger partial charge in [0, 0.05) is 37.0 Å². The summed E-state index contributed by atoms with van der Waals surface area (Å²) in [4.78, 5) is 32.0. The summed E-state index contributed by atoms with van der Waals surface area (Å²) < 4.78 is 17.7. The number of rotatable bonds is 10. The van der Waals surface area contributed by atoms with Gasteiger partial charge >= 0.3 is 6.03 Å². The lowest BCUT2D eigenvalue weighted by atomic mass is 10.1. The molecule has 2 N–H and O–H groups in total. The SMILES string of the molecule is COCCN(CC(=O)Nc1nc(-c2ccccc2)cn1-c1ccc(OC)c(OC)c1)C(=O)NC(C)(C)C. The Kier molecular flexibility index (Phi) is 9.13. The second kappa shape index (κ2) is 12.3. The van der Waals surface area contributed by atoms with Crippen molar-refractivity contribution in [1.82, 2.24) is 19.8 Å². The van der Waals surface area contributed by atoms with Crippen LogP contribution < -0.4 is 20.1 Å². The molecule has 2 aromatic carbocycles. The van der Waals surface area contributed by atoms with Crippen LogP contribution in [0.2, 0.25) is 0 Å². The van der Waals surface area contributed by atoms with E-state index < -0.39 is 11.4 Å². The molecule has 1 heterocycles. The zero-order valence-corrected chi connectivity index (χ0v) is 22.2. The molecule has 0 bridgehead atoms. The largest absolute Gasteiger partial charge is 0.493 e. The van der Waals surface area contributed by atoms with E-state index in [1.807, 2.05) is 63.4 Å². The van der Waals surface area contributed by atoms with Crippen LogP contribution in [0.1, 0.15) is 20.8 Å². The molecule has 0 fully saturated rings. The minimum atomic E-state index is -0.451. The van der Waals surface area contributed by atoms with Crippen molar-refractivity contribution in [2.45, 2.75) is 26.3 Å². The maximum absolute atomic E-state index is 13.1. The van der Waals surface area contributed by atoms with Crippen molar-refractivity contribution in [2.75, 3.05) is 46.3 Å². The van der Waals surface area contributed by atoms with E-state index in [0.717, 1.165) is 5.56 Å². The number of benzene rings is 2. The predicted octanol–water partition coefficient (Wildman–Crippen LogP) is 3.95. The highest BCUT2D eigenvalue weighted by Gasteiger charge is 2.23. The molecule has 37 heavy (non-hydrogen) atoms. The highest BCUT2D eigenvalue weighted by Crippen LogP contribution is 2.31. The van der Waals surface area contributed by atoms with Crippen LogP contribution >= 0.6 is 0 Å². The third-order valence-electron chi connectivity index (χ3n) is 5.34. The number of hydrogen-bond donors (Lipinski definition) is 2. The highest BCUT2D eigenvalue weighted by atomic mass is 16.5. The molecule has 10 heteroatoms. The normalized spacial score (nSPS) is 11.1. The molecule has 3 rings (SSSR count). The number of carbonyl (C=O) groups excluding carboxylic acids is 2. The summed E-state index contributed by atoms with van der Waals surface area (Å²) >= 11 is 0. The minimum absolute atomic E-state index is 0.176. The van der Waals surface area contributed by atoms with E-state index in [1.165, 1.54) is 4.90 Å². The zero-order chi connectivity index (χ0) is 27.0. The first kappa shape index (κ1) is 27.5. The Bertz CT molecular complexity index is 1200. The summed E-state index contributed by atoms with van der Waals surface area (Å²) in [6, 6.07) is 14.7. The second-order valence-electron chi connectivity index (χ2n) is 9.37. The van der Waals surface area contributed by atoms with Gasteiger partial charge in [-0.15, -0.1) is 0 Å². The molecule has 3 aromatic rings. The van der Waals surface area contributed by atoms with Crippen LogP contribution in [0.15, 0.2) is 54.7 Å². The number of hydrogen-bond acceptors (Lipinski definition) is 6. The molecule has 0 spiro atoms. The Hall–Kier alpha value is -4.05. The number of amides is 3. The number of nitrogens with zero attached hydrogens (tertiary/aromatic N) is 3. The summed E-state index contributed by atoms with van der Waals surface area (Å²) in [7, 11) is 4.68. The van der Waals surface area contributed by atoms with Crippen molar-refractivity contribution in [1.29, 1.82) is 0 Å². The Labute approximate surface area is 217 Å². The van der Waals surface area contributed by atoms with Gasteiger partial charge in [-0.1, -0.05) is 30.3 Å². The molecule has 0 saturated carbocycles. The van der Waals surface area contributed by atoms with Crippen LogP contribution in [-0.4, -0.2) is 73.0 Å². The molecule has 0 saturated heterocycles. The molecule has 0 radical (unpaired) electrons. The van der Waals surface area contributed by atoms with Crippen molar-refractivity contribution in [2.24, 2.45) is 0 Å². The summed E-state index contributed by atoms with van der Waals surface area (Å²) in [6.45, 7) is 6.01. The van der Waals surface area contributed by atoms with Crippen LogP contribution in [0.5, 0.6) is 11.5 Å². The molecule has 198 valence electrons. The smallest absolute Gasteiger partial charge is 0.318 e. The van der Waals surface area contributed by atoms with E-state index in [9.17, 15) is 9.59 Å². The summed E-state index contributed by atoms with van der Waals surface area (Å²) in [6.07, 6.45) is 1.83. The summed E-state index contributed by atoms with van der Waals surface area (Å²) in [5.74, 6) is 1.03. The van der Waals surface area contributed by atoms with Gasteiger partial charge in [-0.2, -0.15) is 0 Å². The number of anilines is 1. The van der Waals surface area contributed by atoms with Gasteiger partial charge in [-0.05, 0) is 32.9 Å². The minimum Gasteiger partial charge on any atom is -0.493 e. The van der Waals surface area contributed by atoms with Gasteiger partial charge in [0.05, 0.1) is 32.2 Å². The zero-order valence-electron chi connectivity index (χ0n) is 22.2. The maximum atomic E-state index is 13.1. The lowest BCUT2D eigenvalue weighted by Crippen LogP contribution is -2.51. The fourth-order valence-electron chi connectivity index (χ4n) is 3.58. The number of ether oxygens (including phenoxy) is 3. The van der Waals surface area contributed by atoms with Crippen molar-refractivity contribution in [3.8, 4) is 28.4 Å². The van der Waals surface area contributed by atoms with Gasteiger partial charge in [0.25, 0.3) is 0 Å². The van der Waals surface area contributed by atoms with Crippen LogP contribution in [0.3, 0.4) is 0 Å². The average molecular weight is 510 g/mol. The van der Waals surface area contributed by atoms with Gasteiger partial charge in [-0.25, -0.2) is 9.78 Å². The first-order valence-corrected chi connectivity index (χ1v) is 11.9. The number of nitrogens with one attached hydrogen (secondary N) is 2. The Morgan fingerprint density at radius 3 is 2.32 bits per heavy atom. The van der Waals surface area contributed by atoms with Gasteiger partial charge in [0.1, 0.15) is 6.54 Å². The van der Waals surface area contributed by atoms with Crippen molar-refractivity contribution in [3.63, 3.8) is 0 Å². The molecule has 0 aliphatic heterocycles. The van der Waals surface area contributed by atoms with E-state index in [0.29, 0.717) is 35.4 Å². The predicted molar refractivity (Wildman–Crippen MR) is 142 cm³/mol. The maximum Gasteiger partial charge on any atom is 0.318 e. The summed E-state index contributed by atoms with van der Waals surface area (Å²) in [5, 5.41) is 5.76. The molecule has 3 amide bonds. The van der Waals surface area contributed by atoms with Crippen LogP contribution in [0, 0.1) is 0 Å². The molecule has 10 nitrogen and oxygen atoms in total. The van der Waals surface area contributed by atoms with Gasteiger partial charge in [0.2, 0.25) is 11.9 Å². The van der Waals surface area contributed by atoms with E-state index in [-0.39, 0.29) is 19.1 Å². The number of aromatic nitrogens is 2. The third-order valence-corrected chi connectivity index (χ3v) is 5.34.